The van der Waals surface area contributed by atoms with Crippen LogP contribution in [0.4, 0.5) is 0 Å². The quantitative estimate of drug-likeness (QED) is 0.692. The van der Waals surface area contributed by atoms with Crippen molar-refractivity contribution in [2.45, 2.75) is 46.6 Å². The molecule has 3 heteroatoms. The molecule has 1 atom stereocenters. The highest BCUT2D eigenvalue weighted by Crippen LogP contribution is 2.40. The first-order valence-corrected chi connectivity index (χ1v) is 5.75. The van der Waals surface area contributed by atoms with Crippen molar-refractivity contribution in [2.24, 2.45) is 11.3 Å². The highest BCUT2D eigenvalue weighted by atomic mass is 16.1. The molecule has 1 heterocycles. The summed E-state index contributed by atoms with van der Waals surface area (Å²) in [5, 5.41) is 6.77. The van der Waals surface area contributed by atoms with Gasteiger partial charge in [-0.3, -0.25) is 10.1 Å². The molecular weight excluding hydrogens is 188 g/mol. The predicted molar refractivity (Wildman–Crippen MR) is 62.7 cm³/mol. The van der Waals surface area contributed by atoms with E-state index in [0.29, 0.717) is 5.78 Å². The Morgan fingerprint density at radius 2 is 1.87 bits per heavy atom. The largest absolute Gasteiger partial charge is 0.304 e. The van der Waals surface area contributed by atoms with Crippen LogP contribution in [0.2, 0.25) is 0 Å². The maximum atomic E-state index is 11.7. The van der Waals surface area contributed by atoms with Gasteiger partial charge in [-0.15, -0.1) is 0 Å². The van der Waals surface area contributed by atoms with Crippen LogP contribution in [-0.4, -0.2) is 24.5 Å². The van der Waals surface area contributed by atoms with Crippen LogP contribution < -0.4 is 10.6 Å². The van der Waals surface area contributed by atoms with Gasteiger partial charge in [0.05, 0.1) is 0 Å². The van der Waals surface area contributed by atoms with E-state index in [-0.39, 0.29) is 16.9 Å². The first kappa shape index (κ1) is 12.7. The Bertz CT molecular complexity index is 246. The Balaban J connectivity index is 2.98. The molecule has 1 fully saturated rings. The molecule has 1 aliphatic heterocycles. The van der Waals surface area contributed by atoms with Crippen molar-refractivity contribution in [1.82, 2.24) is 10.6 Å². The van der Waals surface area contributed by atoms with Crippen LogP contribution in [0.1, 0.15) is 41.0 Å². The number of rotatable bonds is 1. The second kappa shape index (κ2) is 4.22. The molecule has 88 valence electrons. The van der Waals surface area contributed by atoms with Gasteiger partial charge in [0.2, 0.25) is 0 Å². The van der Waals surface area contributed by atoms with Crippen molar-refractivity contribution in [3.8, 4) is 0 Å². The van der Waals surface area contributed by atoms with E-state index >= 15 is 0 Å². The third-order valence-electron chi connectivity index (χ3n) is 4.24. The zero-order chi connectivity index (χ0) is 11.7. The molecule has 1 rings (SSSR count). The minimum absolute atomic E-state index is 0.0130. The summed E-state index contributed by atoms with van der Waals surface area (Å²) in [6.45, 7) is 12.2. The number of carbonyl (C=O) groups is 1. The number of carbonyl (C=O) groups excluding carboxylic acids is 1. The summed E-state index contributed by atoms with van der Waals surface area (Å²) in [6.07, 6.45) is 0.938. The Morgan fingerprint density at radius 3 is 2.40 bits per heavy atom. The fourth-order valence-electron chi connectivity index (χ4n) is 2.35. The molecule has 0 aromatic carbocycles. The van der Waals surface area contributed by atoms with Gasteiger partial charge >= 0.3 is 0 Å². The van der Waals surface area contributed by atoms with E-state index in [9.17, 15) is 4.79 Å². The topological polar surface area (TPSA) is 41.1 Å². The zero-order valence-corrected chi connectivity index (χ0v) is 10.6. The summed E-state index contributed by atoms with van der Waals surface area (Å²) in [7, 11) is 0. The van der Waals surface area contributed by atoms with Gasteiger partial charge in [0.1, 0.15) is 5.78 Å². The summed E-state index contributed by atoms with van der Waals surface area (Å²) in [5.41, 5.74) is -0.0440. The first-order chi connectivity index (χ1) is 6.79. The molecule has 0 bridgehead atoms. The minimum Gasteiger partial charge on any atom is -0.304 e. The highest BCUT2D eigenvalue weighted by molar-refractivity contribution is 5.79. The zero-order valence-electron chi connectivity index (χ0n) is 10.6. The van der Waals surface area contributed by atoms with Crippen LogP contribution in [0.15, 0.2) is 0 Å². The van der Waals surface area contributed by atoms with Crippen molar-refractivity contribution in [3.05, 3.63) is 0 Å². The van der Waals surface area contributed by atoms with E-state index in [4.69, 9.17) is 0 Å². The molecule has 1 saturated heterocycles. The number of nitrogens with one attached hydrogen (secondary N) is 2. The Morgan fingerprint density at radius 1 is 1.27 bits per heavy atom. The van der Waals surface area contributed by atoms with Crippen molar-refractivity contribution in [2.75, 3.05) is 13.2 Å². The predicted octanol–water partition coefficient (Wildman–Crippen LogP) is 1.54. The van der Waals surface area contributed by atoms with Crippen molar-refractivity contribution < 1.29 is 4.79 Å². The molecule has 0 aromatic rings. The Kier molecular flexibility index (Phi) is 3.56. The van der Waals surface area contributed by atoms with Crippen LogP contribution in [0.5, 0.6) is 0 Å². The number of Topliss-reactive ketones (excluding diaryl/α,β-unsaturated/α-hetero) is 1. The van der Waals surface area contributed by atoms with E-state index in [1.165, 1.54) is 0 Å². The third kappa shape index (κ3) is 2.40. The third-order valence-corrected chi connectivity index (χ3v) is 4.24. The summed E-state index contributed by atoms with van der Waals surface area (Å²) >= 11 is 0. The molecule has 3 nitrogen and oxygen atoms in total. The summed E-state index contributed by atoms with van der Waals surface area (Å²) in [6, 6.07) is 0. The standard InChI is InChI=1S/C12H24N2O/c1-9(15)10-6-7-13-8-14-12(4,5)11(10,2)3/h10,13-14H,6-8H2,1-5H3. The van der Waals surface area contributed by atoms with Gasteiger partial charge < -0.3 is 5.32 Å². The molecule has 15 heavy (non-hydrogen) atoms. The summed E-state index contributed by atoms with van der Waals surface area (Å²) in [4.78, 5) is 11.7. The fraction of sp³-hybridized carbons (Fsp3) is 0.917. The highest BCUT2D eigenvalue weighted by Gasteiger charge is 2.45. The van der Waals surface area contributed by atoms with Crippen LogP contribution in [0.3, 0.4) is 0 Å². The summed E-state index contributed by atoms with van der Waals surface area (Å²) < 4.78 is 0. The molecule has 2 N–H and O–H groups in total. The SMILES string of the molecule is CC(=O)C1CCNCNC(C)(C)C1(C)C. The Hall–Kier alpha value is -0.410. The fourth-order valence-corrected chi connectivity index (χ4v) is 2.35. The van der Waals surface area contributed by atoms with Crippen molar-refractivity contribution in [1.29, 1.82) is 0 Å². The van der Waals surface area contributed by atoms with Gasteiger partial charge in [0.15, 0.2) is 0 Å². The number of hydrogen-bond donors (Lipinski definition) is 2. The Labute approximate surface area is 93.0 Å². The molecule has 0 aliphatic carbocycles. The molecule has 1 aliphatic rings. The van der Waals surface area contributed by atoms with Gasteiger partial charge in [-0.05, 0) is 39.2 Å². The number of ketones is 1. The molecule has 1 unspecified atom stereocenters. The van der Waals surface area contributed by atoms with Gasteiger partial charge in [0, 0.05) is 18.1 Å². The van der Waals surface area contributed by atoms with E-state index in [1.54, 1.807) is 6.92 Å². The van der Waals surface area contributed by atoms with E-state index in [1.807, 2.05) is 0 Å². The lowest BCUT2D eigenvalue weighted by Crippen LogP contribution is -2.59. The molecule has 0 aromatic heterocycles. The molecule has 0 saturated carbocycles. The van der Waals surface area contributed by atoms with Gasteiger partial charge in [-0.1, -0.05) is 13.8 Å². The van der Waals surface area contributed by atoms with Crippen molar-refractivity contribution in [3.63, 3.8) is 0 Å². The van der Waals surface area contributed by atoms with Gasteiger partial charge in [0.25, 0.3) is 0 Å². The van der Waals surface area contributed by atoms with Crippen LogP contribution in [0.25, 0.3) is 0 Å². The second-order valence-corrected chi connectivity index (χ2v) is 5.65. The monoisotopic (exact) mass is 212 g/mol. The van der Waals surface area contributed by atoms with Crippen LogP contribution >= 0.6 is 0 Å². The summed E-state index contributed by atoms with van der Waals surface area (Å²) in [5.74, 6) is 0.436. The lowest BCUT2D eigenvalue weighted by Gasteiger charge is -2.48. The molecular formula is C12H24N2O. The minimum atomic E-state index is -0.0310. The second-order valence-electron chi connectivity index (χ2n) is 5.65. The van der Waals surface area contributed by atoms with Gasteiger partial charge in [-0.2, -0.15) is 0 Å². The average molecular weight is 212 g/mol. The molecule has 0 amide bonds. The lowest BCUT2D eigenvalue weighted by molar-refractivity contribution is -0.127. The first-order valence-electron chi connectivity index (χ1n) is 5.75. The smallest absolute Gasteiger partial charge is 0.133 e. The lowest BCUT2D eigenvalue weighted by atomic mass is 9.63. The molecule has 0 radical (unpaired) electrons. The van der Waals surface area contributed by atoms with Crippen molar-refractivity contribution >= 4 is 5.78 Å². The maximum absolute atomic E-state index is 11.7. The van der Waals surface area contributed by atoms with Crippen LogP contribution in [-0.2, 0) is 4.79 Å². The van der Waals surface area contributed by atoms with Crippen LogP contribution in [0, 0.1) is 11.3 Å². The normalized spacial score (nSPS) is 30.3. The molecule has 0 spiro atoms. The average Bonchev–Trinajstić information content (AvgIpc) is 2.07. The van der Waals surface area contributed by atoms with Gasteiger partial charge in [-0.25, -0.2) is 0 Å². The maximum Gasteiger partial charge on any atom is 0.133 e. The number of hydrogen-bond acceptors (Lipinski definition) is 3. The van der Waals surface area contributed by atoms with E-state index in [0.717, 1.165) is 19.6 Å². The van der Waals surface area contributed by atoms with E-state index in [2.05, 4.69) is 38.3 Å². The van der Waals surface area contributed by atoms with E-state index < -0.39 is 0 Å².